The summed E-state index contributed by atoms with van der Waals surface area (Å²) in [6, 6.07) is 6.14. The molecule has 0 aliphatic heterocycles. The normalized spacial score (nSPS) is 10.3. The number of pyridine rings is 1. The predicted octanol–water partition coefficient (Wildman–Crippen LogP) is 3.21. The molecule has 0 saturated heterocycles. The van der Waals surface area contributed by atoms with Crippen molar-refractivity contribution in [3.63, 3.8) is 0 Å². The molecule has 7 nitrogen and oxygen atoms in total. The zero-order chi connectivity index (χ0) is 17.7. The first-order chi connectivity index (χ1) is 11.4. The number of halogens is 3. The van der Waals surface area contributed by atoms with Gasteiger partial charge in [-0.15, -0.1) is 0 Å². The summed E-state index contributed by atoms with van der Waals surface area (Å²) >= 11 is 0. The summed E-state index contributed by atoms with van der Waals surface area (Å²) in [6.45, 7) is -3.44. The first-order valence-electron chi connectivity index (χ1n) is 6.43. The van der Waals surface area contributed by atoms with E-state index in [1.54, 1.807) is 6.07 Å². The average Bonchev–Trinajstić information content (AvgIpc) is 2.53. The molecule has 0 bridgehead atoms. The van der Waals surface area contributed by atoms with E-state index >= 15 is 0 Å². The van der Waals surface area contributed by atoms with Gasteiger partial charge >= 0.3 is 6.61 Å². The summed E-state index contributed by atoms with van der Waals surface area (Å²) in [5, 5.41) is 22.2. The third-order valence-electron chi connectivity index (χ3n) is 2.93. The zero-order valence-electron chi connectivity index (χ0n) is 11.9. The molecule has 124 valence electrons. The Bertz CT molecular complexity index is 808. The lowest BCUT2D eigenvalue weighted by Gasteiger charge is -2.13. The van der Waals surface area contributed by atoms with Crippen molar-refractivity contribution in [3.8, 4) is 11.8 Å². The molecule has 0 aliphatic rings. The Morgan fingerprint density at radius 3 is 2.83 bits per heavy atom. The van der Waals surface area contributed by atoms with Crippen LogP contribution in [0, 0.1) is 27.3 Å². The highest BCUT2D eigenvalue weighted by Crippen LogP contribution is 2.25. The number of hydrogen-bond acceptors (Lipinski definition) is 6. The quantitative estimate of drug-likeness (QED) is 0.641. The third-order valence-corrected chi connectivity index (χ3v) is 2.93. The summed E-state index contributed by atoms with van der Waals surface area (Å²) in [4.78, 5) is 13.7. The highest BCUT2D eigenvalue weighted by Gasteiger charge is 2.16. The van der Waals surface area contributed by atoms with Gasteiger partial charge in [0.05, 0.1) is 4.92 Å². The fourth-order valence-electron chi connectivity index (χ4n) is 1.87. The van der Waals surface area contributed by atoms with Gasteiger partial charge < -0.3 is 10.1 Å². The van der Waals surface area contributed by atoms with Crippen molar-refractivity contribution in [2.45, 2.75) is 13.2 Å². The Hall–Kier alpha value is -3.35. The van der Waals surface area contributed by atoms with E-state index in [-0.39, 0.29) is 34.9 Å². The monoisotopic (exact) mass is 338 g/mol. The van der Waals surface area contributed by atoms with Crippen molar-refractivity contribution < 1.29 is 22.8 Å². The van der Waals surface area contributed by atoms with Crippen LogP contribution in [0.5, 0.6) is 5.75 Å². The minimum atomic E-state index is -3.13. The van der Waals surface area contributed by atoms with Crippen molar-refractivity contribution in [2.75, 3.05) is 5.32 Å². The van der Waals surface area contributed by atoms with Gasteiger partial charge in [-0.3, -0.25) is 10.1 Å². The van der Waals surface area contributed by atoms with E-state index in [0.717, 1.165) is 18.3 Å². The lowest BCUT2D eigenvalue weighted by molar-refractivity contribution is -0.385. The number of hydrogen-bond donors (Lipinski definition) is 1. The number of rotatable bonds is 6. The molecule has 24 heavy (non-hydrogen) atoms. The number of nitriles is 1. The molecule has 2 rings (SSSR count). The first-order valence-corrected chi connectivity index (χ1v) is 6.43. The maximum atomic E-state index is 13.8. The first kappa shape index (κ1) is 17.0. The van der Waals surface area contributed by atoms with E-state index in [2.05, 4.69) is 15.0 Å². The fraction of sp³-hybridized carbons (Fsp3) is 0.143. The van der Waals surface area contributed by atoms with Crippen molar-refractivity contribution in [3.05, 3.63) is 57.5 Å². The van der Waals surface area contributed by atoms with Gasteiger partial charge in [0.25, 0.3) is 5.69 Å². The third kappa shape index (κ3) is 3.89. The SMILES string of the molecule is N#Cc1cc([N+](=O)[O-])cnc1NCc1c(F)cccc1OC(F)F. The molecule has 10 heteroatoms. The fourth-order valence-corrected chi connectivity index (χ4v) is 1.87. The Labute approximate surface area is 133 Å². The number of nitrogens with zero attached hydrogens (tertiary/aromatic N) is 3. The average molecular weight is 338 g/mol. The maximum absolute atomic E-state index is 13.8. The zero-order valence-corrected chi connectivity index (χ0v) is 11.9. The second-order valence-electron chi connectivity index (χ2n) is 4.41. The maximum Gasteiger partial charge on any atom is 0.387 e. The molecule has 1 N–H and O–H groups in total. The van der Waals surface area contributed by atoms with Crippen molar-refractivity contribution in [2.24, 2.45) is 0 Å². The van der Waals surface area contributed by atoms with Crippen LogP contribution in [-0.4, -0.2) is 16.5 Å². The van der Waals surface area contributed by atoms with Crippen LogP contribution in [0.1, 0.15) is 11.1 Å². The molecule has 0 amide bonds. The Balaban J connectivity index is 2.26. The summed E-state index contributed by atoms with van der Waals surface area (Å²) in [6.07, 6.45) is 0.918. The van der Waals surface area contributed by atoms with Gasteiger partial charge in [-0.25, -0.2) is 9.37 Å². The van der Waals surface area contributed by atoms with Crippen LogP contribution in [-0.2, 0) is 6.54 Å². The van der Waals surface area contributed by atoms with Gasteiger partial charge in [0.1, 0.15) is 35.2 Å². The van der Waals surface area contributed by atoms with E-state index in [4.69, 9.17) is 5.26 Å². The molecule has 1 aromatic heterocycles. The van der Waals surface area contributed by atoms with Gasteiger partial charge in [-0.2, -0.15) is 14.0 Å². The van der Waals surface area contributed by atoms with Gasteiger partial charge in [0, 0.05) is 18.2 Å². The molecule has 0 aliphatic carbocycles. The second kappa shape index (κ2) is 7.28. The van der Waals surface area contributed by atoms with Crippen LogP contribution in [0.25, 0.3) is 0 Å². The minimum absolute atomic E-state index is 0.0469. The Morgan fingerprint density at radius 1 is 1.46 bits per heavy atom. The van der Waals surface area contributed by atoms with Crippen molar-refractivity contribution in [1.82, 2.24) is 4.98 Å². The van der Waals surface area contributed by atoms with Crippen LogP contribution in [0.3, 0.4) is 0 Å². The Kier molecular flexibility index (Phi) is 5.16. The van der Waals surface area contributed by atoms with Crippen molar-refractivity contribution >= 4 is 11.5 Å². The molecule has 0 unspecified atom stereocenters. The molecule has 2 aromatic rings. The van der Waals surface area contributed by atoms with Crippen LogP contribution in [0.2, 0.25) is 0 Å². The summed E-state index contributed by atoms with van der Waals surface area (Å²) in [5.41, 5.74) is -0.719. The van der Waals surface area contributed by atoms with Crippen LogP contribution < -0.4 is 10.1 Å². The largest absolute Gasteiger partial charge is 0.434 e. The lowest BCUT2D eigenvalue weighted by Crippen LogP contribution is -2.10. The Morgan fingerprint density at radius 2 is 2.21 bits per heavy atom. The summed E-state index contributed by atoms with van der Waals surface area (Å²) < 4.78 is 42.7. The topological polar surface area (TPSA) is 101 Å². The molecule has 0 radical (unpaired) electrons. The standard InChI is InChI=1S/C14H9F3N4O3/c15-11-2-1-3-12(24-14(16)17)10(11)7-20-13-8(5-18)4-9(6-19-13)21(22)23/h1-4,6,14H,7H2,(H,19,20). The number of anilines is 1. The molecule has 0 atom stereocenters. The smallest absolute Gasteiger partial charge is 0.387 e. The van der Waals surface area contributed by atoms with E-state index < -0.39 is 17.4 Å². The molecule has 0 saturated carbocycles. The van der Waals surface area contributed by atoms with Crippen LogP contribution >= 0.6 is 0 Å². The molecule has 0 fully saturated rings. The number of nitro groups is 1. The molecule has 1 heterocycles. The van der Waals surface area contributed by atoms with Crippen LogP contribution in [0.15, 0.2) is 30.5 Å². The van der Waals surface area contributed by atoms with Crippen molar-refractivity contribution in [1.29, 1.82) is 5.26 Å². The molecular weight excluding hydrogens is 329 g/mol. The number of benzene rings is 1. The van der Waals surface area contributed by atoms with Gasteiger partial charge in [0.2, 0.25) is 0 Å². The van der Waals surface area contributed by atoms with E-state index in [1.165, 1.54) is 12.1 Å². The van der Waals surface area contributed by atoms with E-state index in [0.29, 0.717) is 0 Å². The number of nitrogens with one attached hydrogen (secondary N) is 1. The number of aromatic nitrogens is 1. The highest BCUT2D eigenvalue weighted by molar-refractivity contribution is 5.56. The molecular formula is C14H9F3N4O3. The minimum Gasteiger partial charge on any atom is -0.434 e. The molecule has 1 aromatic carbocycles. The predicted molar refractivity (Wildman–Crippen MR) is 76.0 cm³/mol. The lowest BCUT2D eigenvalue weighted by atomic mass is 10.1. The van der Waals surface area contributed by atoms with E-state index in [1.807, 2.05) is 0 Å². The highest BCUT2D eigenvalue weighted by atomic mass is 19.3. The van der Waals surface area contributed by atoms with E-state index in [9.17, 15) is 23.3 Å². The van der Waals surface area contributed by atoms with Gasteiger partial charge in [-0.05, 0) is 12.1 Å². The molecule has 0 spiro atoms. The van der Waals surface area contributed by atoms with Gasteiger partial charge in [-0.1, -0.05) is 6.07 Å². The number of ether oxygens (including phenoxy) is 1. The number of alkyl halides is 2. The summed E-state index contributed by atoms with van der Waals surface area (Å²) in [5.74, 6) is -1.20. The van der Waals surface area contributed by atoms with Crippen LogP contribution in [0.4, 0.5) is 24.7 Å². The van der Waals surface area contributed by atoms with Gasteiger partial charge in [0.15, 0.2) is 0 Å². The second-order valence-corrected chi connectivity index (χ2v) is 4.41. The summed E-state index contributed by atoms with van der Waals surface area (Å²) in [7, 11) is 0.